The third-order valence-electron chi connectivity index (χ3n) is 4.19. The van der Waals surface area contributed by atoms with Gasteiger partial charge in [-0.2, -0.15) is 0 Å². The van der Waals surface area contributed by atoms with Crippen LogP contribution in [-0.4, -0.2) is 57.0 Å². The number of urea groups is 1. The van der Waals surface area contributed by atoms with Crippen LogP contribution >= 0.6 is 22.9 Å². The minimum atomic E-state index is -0.151. The van der Waals surface area contributed by atoms with Gasteiger partial charge in [-0.05, 0) is 12.1 Å². The molecule has 1 saturated heterocycles. The summed E-state index contributed by atoms with van der Waals surface area (Å²) in [6.45, 7) is 2.54. The van der Waals surface area contributed by atoms with E-state index in [1.807, 2.05) is 17.5 Å². The van der Waals surface area contributed by atoms with Crippen molar-refractivity contribution in [1.29, 1.82) is 0 Å². The Morgan fingerprint density at radius 2 is 2.07 bits per heavy atom. The fraction of sp³-hybridized carbons (Fsp3) is 0.235. The van der Waals surface area contributed by atoms with E-state index < -0.39 is 0 Å². The summed E-state index contributed by atoms with van der Waals surface area (Å²) in [5.41, 5.74) is 1.72. The molecule has 4 heterocycles. The maximum absolute atomic E-state index is 12.5. The Hall–Kier alpha value is -2.78. The molecule has 0 saturated carbocycles. The number of anilines is 2. The van der Waals surface area contributed by atoms with Crippen LogP contribution in [0.1, 0.15) is 0 Å². The first kappa shape index (κ1) is 17.6. The SMILES string of the molecule is O=C(Nc1nc(-c2cccnc2)cs1)N1CCN(c2cc(Cl)ncn2)CC1. The number of aromatic nitrogens is 4. The Bertz CT molecular complexity index is 928. The molecular weight excluding hydrogens is 386 g/mol. The number of pyridine rings is 1. The van der Waals surface area contributed by atoms with Gasteiger partial charge in [0.15, 0.2) is 5.13 Å². The highest BCUT2D eigenvalue weighted by Gasteiger charge is 2.22. The molecule has 1 aliphatic rings. The number of amides is 2. The molecule has 1 aliphatic heterocycles. The Morgan fingerprint density at radius 1 is 1.22 bits per heavy atom. The standard InChI is InChI=1S/C17H16ClN7OS/c18-14-8-15(21-11-20-14)24-4-6-25(7-5-24)17(26)23-16-22-13(10-27-16)12-2-1-3-19-9-12/h1-3,8-11H,4-7H2,(H,22,23,26). The third-order valence-corrected chi connectivity index (χ3v) is 5.15. The summed E-state index contributed by atoms with van der Waals surface area (Å²) in [5.74, 6) is 0.774. The number of thiazole rings is 1. The zero-order chi connectivity index (χ0) is 18.6. The quantitative estimate of drug-likeness (QED) is 0.679. The molecule has 1 N–H and O–H groups in total. The van der Waals surface area contributed by atoms with Crippen molar-refractivity contribution in [2.75, 3.05) is 36.4 Å². The van der Waals surface area contributed by atoms with Crippen molar-refractivity contribution in [3.63, 3.8) is 0 Å². The molecule has 0 aromatic carbocycles. The molecule has 3 aromatic heterocycles. The van der Waals surface area contributed by atoms with Gasteiger partial charge in [0.1, 0.15) is 17.3 Å². The van der Waals surface area contributed by atoms with Crippen LogP contribution < -0.4 is 10.2 Å². The third kappa shape index (κ3) is 4.15. The number of piperazine rings is 1. The number of hydrogen-bond acceptors (Lipinski definition) is 7. The maximum atomic E-state index is 12.5. The van der Waals surface area contributed by atoms with E-state index in [1.165, 1.54) is 17.7 Å². The Balaban J connectivity index is 1.34. The van der Waals surface area contributed by atoms with Gasteiger partial charge in [-0.25, -0.2) is 19.7 Å². The number of rotatable bonds is 3. The summed E-state index contributed by atoms with van der Waals surface area (Å²) in [7, 11) is 0. The summed E-state index contributed by atoms with van der Waals surface area (Å²) in [4.78, 5) is 33.0. The fourth-order valence-electron chi connectivity index (χ4n) is 2.78. The number of carbonyl (C=O) groups is 1. The van der Waals surface area contributed by atoms with Gasteiger partial charge in [0.2, 0.25) is 0 Å². The first-order valence-corrected chi connectivity index (χ1v) is 9.59. The van der Waals surface area contributed by atoms with Crippen LogP contribution in [0.25, 0.3) is 11.3 Å². The topological polar surface area (TPSA) is 87.1 Å². The summed E-state index contributed by atoms with van der Waals surface area (Å²) in [6, 6.07) is 5.37. The average molecular weight is 402 g/mol. The molecule has 0 bridgehead atoms. The lowest BCUT2D eigenvalue weighted by molar-refractivity contribution is 0.208. The van der Waals surface area contributed by atoms with Crippen molar-refractivity contribution in [2.24, 2.45) is 0 Å². The molecule has 0 unspecified atom stereocenters. The molecule has 0 spiro atoms. The molecule has 1 fully saturated rings. The molecule has 8 nitrogen and oxygen atoms in total. The number of carbonyl (C=O) groups excluding carboxylic acids is 1. The van der Waals surface area contributed by atoms with Gasteiger partial charge < -0.3 is 9.80 Å². The Morgan fingerprint density at radius 3 is 2.81 bits per heavy atom. The van der Waals surface area contributed by atoms with E-state index in [0.717, 1.165) is 17.1 Å². The van der Waals surface area contributed by atoms with E-state index in [1.54, 1.807) is 23.4 Å². The second-order valence-electron chi connectivity index (χ2n) is 5.88. The fourth-order valence-corrected chi connectivity index (χ4v) is 3.63. The molecule has 138 valence electrons. The monoisotopic (exact) mass is 401 g/mol. The highest BCUT2D eigenvalue weighted by molar-refractivity contribution is 7.14. The summed E-state index contributed by atoms with van der Waals surface area (Å²) < 4.78 is 0. The summed E-state index contributed by atoms with van der Waals surface area (Å²) >= 11 is 7.31. The first-order chi connectivity index (χ1) is 13.2. The maximum Gasteiger partial charge on any atom is 0.323 e. The first-order valence-electron chi connectivity index (χ1n) is 8.33. The van der Waals surface area contributed by atoms with Crippen LogP contribution in [0.2, 0.25) is 5.15 Å². The second kappa shape index (κ2) is 7.85. The lowest BCUT2D eigenvalue weighted by Gasteiger charge is -2.35. The van der Waals surface area contributed by atoms with E-state index in [-0.39, 0.29) is 6.03 Å². The van der Waals surface area contributed by atoms with Gasteiger partial charge in [0.05, 0.1) is 5.69 Å². The lowest BCUT2D eigenvalue weighted by Crippen LogP contribution is -2.50. The van der Waals surface area contributed by atoms with Gasteiger partial charge in [-0.15, -0.1) is 11.3 Å². The van der Waals surface area contributed by atoms with E-state index in [2.05, 4.69) is 30.2 Å². The van der Waals surface area contributed by atoms with Crippen LogP contribution in [-0.2, 0) is 0 Å². The molecule has 4 rings (SSSR count). The van der Waals surface area contributed by atoms with Crippen LogP contribution in [0, 0.1) is 0 Å². The summed E-state index contributed by atoms with van der Waals surface area (Å²) in [6.07, 6.45) is 4.91. The minimum Gasteiger partial charge on any atom is -0.353 e. The largest absolute Gasteiger partial charge is 0.353 e. The molecular formula is C17H16ClN7OS. The van der Waals surface area contributed by atoms with Gasteiger partial charge in [-0.1, -0.05) is 11.6 Å². The number of hydrogen-bond donors (Lipinski definition) is 1. The summed E-state index contributed by atoms with van der Waals surface area (Å²) in [5, 5.41) is 5.76. The van der Waals surface area contributed by atoms with E-state index in [0.29, 0.717) is 36.5 Å². The van der Waals surface area contributed by atoms with Crippen molar-refractivity contribution < 1.29 is 4.79 Å². The van der Waals surface area contributed by atoms with Crippen molar-refractivity contribution in [3.05, 3.63) is 47.5 Å². The van der Waals surface area contributed by atoms with Crippen LogP contribution in [0.4, 0.5) is 15.7 Å². The highest BCUT2D eigenvalue weighted by Crippen LogP contribution is 2.24. The molecule has 0 atom stereocenters. The van der Waals surface area contributed by atoms with Crippen molar-refractivity contribution in [3.8, 4) is 11.3 Å². The van der Waals surface area contributed by atoms with Gasteiger partial charge in [-0.3, -0.25) is 10.3 Å². The van der Waals surface area contributed by atoms with E-state index >= 15 is 0 Å². The number of nitrogens with zero attached hydrogens (tertiary/aromatic N) is 6. The van der Waals surface area contributed by atoms with E-state index in [9.17, 15) is 4.79 Å². The second-order valence-corrected chi connectivity index (χ2v) is 7.13. The number of nitrogens with one attached hydrogen (secondary N) is 1. The van der Waals surface area contributed by atoms with E-state index in [4.69, 9.17) is 11.6 Å². The highest BCUT2D eigenvalue weighted by atomic mass is 35.5. The molecule has 2 amide bonds. The predicted molar refractivity (Wildman–Crippen MR) is 105 cm³/mol. The Labute approximate surface area is 164 Å². The lowest BCUT2D eigenvalue weighted by atomic mass is 10.2. The van der Waals surface area contributed by atoms with Crippen LogP contribution in [0.5, 0.6) is 0 Å². The van der Waals surface area contributed by atoms with Crippen LogP contribution in [0.15, 0.2) is 42.3 Å². The molecule has 0 aliphatic carbocycles. The van der Waals surface area contributed by atoms with Crippen molar-refractivity contribution in [1.82, 2.24) is 24.8 Å². The van der Waals surface area contributed by atoms with Gasteiger partial charge >= 0.3 is 6.03 Å². The van der Waals surface area contributed by atoms with Crippen LogP contribution in [0.3, 0.4) is 0 Å². The molecule has 27 heavy (non-hydrogen) atoms. The van der Waals surface area contributed by atoms with Gasteiger partial charge in [0.25, 0.3) is 0 Å². The zero-order valence-corrected chi connectivity index (χ0v) is 15.8. The molecule has 10 heteroatoms. The smallest absolute Gasteiger partial charge is 0.323 e. The van der Waals surface area contributed by atoms with Crippen molar-refractivity contribution >= 4 is 39.9 Å². The Kier molecular flexibility index (Phi) is 5.12. The normalized spacial score (nSPS) is 14.3. The number of halogens is 1. The minimum absolute atomic E-state index is 0.151. The molecule has 3 aromatic rings. The van der Waals surface area contributed by atoms with Crippen molar-refractivity contribution in [2.45, 2.75) is 0 Å². The predicted octanol–water partition coefficient (Wildman–Crippen LogP) is 3.00. The van der Waals surface area contributed by atoms with Gasteiger partial charge in [0, 0.05) is 55.6 Å². The average Bonchev–Trinajstić information content (AvgIpc) is 3.17. The zero-order valence-electron chi connectivity index (χ0n) is 14.2. The molecule has 0 radical (unpaired) electrons.